The first-order chi connectivity index (χ1) is 11.5. The highest BCUT2D eigenvalue weighted by Crippen LogP contribution is 2.34. The third kappa shape index (κ3) is 2.62. The summed E-state index contributed by atoms with van der Waals surface area (Å²) in [6, 6.07) is 7.43. The minimum atomic E-state index is -3.24. The molecule has 0 saturated heterocycles. The lowest BCUT2D eigenvalue weighted by atomic mass is 9.93. The fourth-order valence-corrected chi connectivity index (χ4v) is 5.22. The number of hydrogen-bond acceptors (Lipinski definition) is 4. The molecule has 2 aliphatic rings. The second-order valence-electron chi connectivity index (χ2n) is 6.52. The zero-order valence-corrected chi connectivity index (χ0v) is 14.0. The van der Waals surface area contributed by atoms with Crippen molar-refractivity contribution in [2.45, 2.75) is 36.1 Å². The molecule has 0 radical (unpaired) electrons. The molecule has 2 heterocycles. The maximum Gasteiger partial charge on any atom is 0.254 e. The van der Waals surface area contributed by atoms with Crippen LogP contribution in [0.5, 0.6) is 0 Å². The number of nitrogens with one attached hydrogen (secondary N) is 1. The van der Waals surface area contributed by atoms with Crippen molar-refractivity contribution in [2.24, 2.45) is 0 Å². The summed E-state index contributed by atoms with van der Waals surface area (Å²) in [4.78, 5) is 12.7. The number of carbonyl (C=O) groups excluding carboxylic acids is 1. The number of nitrogens with zero attached hydrogens (tertiary/aromatic N) is 2. The Morgan fingerprint density at radius 3 is 2.83 bits per heavy atom. The minimum Gasteiger partial charge on any atom is -0.351 e. The van der Waals surface area contributed by atoms with E-state index in [0.717, 1.165) is 18.4 Å². The van der Waals surface area contributed by atoms with E-state index in [9.17, 15) is 13.2 Å². The average molecular weight is 345 g/mol. The predicted molar refractivity (Wildman–Crippen MR) is 88.7 cm³/mol. The SMILES string of the molecule is O=C(NCC1CS(=O)(=O)c2ccccc21)c1cnn(C2CCC2)c1. The molecule has 1 fully saturated rings. The molecule has 126 valence electrons. The second kappa shape index (κ2) is 5.73. The molecule has 7 heteroatoms. The van der Waals surface area contributed by atoms with Gasteiger partial charge in [0.1, 0.15) is 0 Å². The maximum absolute atomic E-state index is 12.3. The zero-order valence-electron chi connectivity index (χ0n) is 13.2. The Morgan fingerprint density at radius 2 is 2.08 bits per heavy atom. The molecule has 2 aromatic rings. The van der Waals surface area contributed by atoms with Gasteiger partial charge in [0.15, 0.2) is 9.84 Å². The number of benzene rings is 1. The second-order valence-corrected chi connectivity index (χ2v) is 8.52. The number of hydrogen-bond donors (Lipinski definition) is 1. The first-order valence-corrected chi connectivity index (χ1v) is 9.84. The van der Waals surface area contributed by atoms with Gasteiger partial charge in [0, 0.05) is 18.7 Å². The van der Waals surface area contributed by atoms with Crippen molar-refractivity contribution in [3.63, 3.8) is 0 Å². The Labute approximate surface area is 140 Å². The summed E-state index contributed by atoms with van der Waals surface area (Å²) < 4.78 is 26.2. The highest BCUT2D eigenvalue weighted by molar-refractivity contribution is 7.91. The van der Waals surface area contributed by atoms with Crippen LogP contribution in [0.25, 0.3) is 0 Å². The lowest BCUT2D eigenvalue weighted by Gasteiger charge is -2.25. The van der Waals surface area contributed by atoms with Gasteiger partial charge in [0.05, 0.1) is 28.5 Å². The molecule has 4 rings (SSSR count). The number of aromatic nitrogens is 2. The molecule has 1 atom stereocenters. The van der Waals surface area contributed by atoms with Crippen molar-refractivity contribution in [3.05, 3.63) is 47.8 Å². The van der Waals surface area contributed by atoms with Gasteiger partial charge in [-0.3, -0.25) is 9.48 Å². The zero-order chi connectivity index (χ0) is 16.7. The topological polar surface area (TPSA) is 81.1 Å². The van der Waals surface area contributed by atoms with Crippen LogP contribution in [0.3, 0.4) is 0 Å². The van der Waals surface area contributed by atoms with Gasteiger partial charge in [-0.15, -0.1) is 0 Å². The summed E-state index contributed by atoms with van der Waals surface area (Å²) >= 11 is 0. The van der Waals surface area contributed by atoms with Crippen LogP contribution in [-0.4, -0.2) is 36.4 Å². The average Bonchev–Trinajstić information content (AvgIpc) is 3.07. The number of carbonyl (C=O) groups is 1. The number of sulfone groups is 1. The standard InChI is InChI=1S/C17H19N3O3S/c21-17(12-9-19-20(10-12)14-4-3-5-14)18-8-13-11-24(22,23)16-7-2-1-6-15(13)16/h1-2,6-7,9-10,13-14H,3-5,8,11H2,(H,18,21). The van der Waals surface area contributed by atoms with Gasteiger partial charge in [-0.25, -0.2) is 8.42 Å². The Morgan fingerprint density at radius 1 is 1.29 bits per heavy atom. The molecule has 1 aliphatic heterocycles. The molecule has 24 heavy (non-hydrogen) atoms. The van der Waals surface area contributed by atoms with E-state index in [4.69, 9.17) is 0 Å². The quantitative estimate of drug-likeness (QED) is 0.918. The minimum absolute atomic E-state index is 0.0496. The molecule has 0 spiro atoms. The third-order valence-electron chi connectivity index (χ3n) is 4.94. The van der Waals surface area contributed by atoms with Crippen molar-refractivity contribution in [1.29, 1.82) is 0 Å². The van der Waals surface area contributed by atoms with Crippen LogP contribution in [0, 0.1) is 0 Å². The molecule has 1 aromatic heterocycles. The fraction of sp³-hybridized carbons (Fsp3) is 0.412. The van der Waals surface area contributed by atoms with Crippen LogP contribution in [0.1, 0.15) is 47.1 Å². The molecule has 1 aliphatic carbocycles. The molecule has 1 amide bonds. The van der Waals surface area contributed by atoms with E-state index in [1.807, 2.05) is 16.8 Å². The summed E-state index contributed by atoms with van der Waals surface area (Å²) in [7, 11) is -3.24. The predicted octanol–water partition coefficient (Wildman–Crippen LogP) is 1.91. The van der Waals surface area contributed by atoms with Gasteiger partial charge in [-0.2, -0.15) is 5.10 Å². The molecule has 6 nitrogen and oxygen atoms in total. The number of fused-ring (bicyclic) bond motifs is 1. The molecule has 1 unspecified atom stereocenters. The van der Waals surface area contributed by atoms with E-state index >= 15 is 0 Å². The van der Waals surface area contributed by atoms with Gasteiger partial charge in [-0.1, -0.05) is 18.2 Å². The van der Waals surface area contributed by atoms with Gasteiger partial charge >= 0.3 is 0 Å². The molecule has 1 N–H and O–H groups in total. The summed E-state index contributed by atoms with van der Waals surface area (Å²) in [5.41, 5.74) is 1.32. The largest absolute Gasteiger partial charge is 0.351 e. The monoisotopic (exact) mass is 345 g/mol. The fourth-order valence-electron chi connectivity index (χ4n) is 3.34. The number of rotatable bonds is 4. The summed E-state index contributed by atoms with van der Waals surface area (Å²) in [5.74, 6) is -0.354. The van der Waals surface area contributed by atoms with Crippen molar-refractivity contribution >= 4 is 15.7 Å². The summed E-state index contributed by atoms with van der Waals surface area (Å²) in [6.07, 6.45) is 6.78. The molecular weight excluding hydrogens is 326 g/mol. The first-order valence-electron chi connectivity index (χ1n) is 8.18. The van der Waals surface area contributed by atoms with Crippen LogP contribution < -0.4 is 5.32 Å². The van der Waals surface area contributed by atoms with Crippen LogP contribution in [0.4, 0.5) is 0 Å². The maximum atomic E-state index is 12.3. The summed E-state index contributed by atoms with van der Waals surface area (Å²) in [5, 5.41) is 7.11. The van der Waals surface area contributed by atoms with Gasteiger partial charge in [-0.05, 0) is 30.9 Å². The first kappa shape index (κ1) is 15.4. The van der Waals surface area contributed by atoms with Crippen LogP contribution in [0.15, 0.2) is 41.6 Å². The third-order valence-corrected chi connectivity index (χ3v) is 6.82. The molecular formula is C17H19N3O3S. The highest BCUT2D eigenvalue weighted by atomic mass is 32.2. The van der Waals surface area contributed by atoms with E-state index in [1.54, 1.807) is 24.5 Å². The normalized spacial score (nSPS) is 21.9. The summed E-state index contributed by atoms with van der Waals surface area (Å²) in [6.45, 7) is 0.309. The van der Waals surface area contributed by atoms with Crippen molar-refractivity contribution in [1.82, 2.24) is 15.1 Å². The van der Waals surface area contributed by atoms with Gasteiger partial charge < -0.3 is 5.32 Å². The van der Waals surface area contributed by atoms with Crippen LogP contribution in [-0.2, 0) is 9.84 Å². The lowest BCUT2D eigenvalue weighted by molar-refractivity contribution is 0.0951. The van der Waals surface area contributed by atoms with E-state index in [0.29, 0.717) is 23.0 Å². The molecule has 1 aromatic carbocycles. The van der Waals surface area contributed by atoms with E-state index in [-0.39, 0.29) is 17.6 Å². The Hall–Kier alpha value is -2.15. The van der Waals surface area contributed by atoms with E-state index < -0.39 is 9.84 Å². The number of amides is 1. The lowest BCUT2D eigenvalue weighted by Crippen LogP contribution is -2.29. The molecule has 1 saturated carbocycles. The smallest absolute Gasteiger partial charge is 0.254 e. The van der Waals surface area contributed by atoms with Crippen LogP contribution in [0.2, 0.25) is 0 Å². The Kier molecular flexibility index (Phi) is 3.68. The van der Waals surface area contributed by atoms with Crippen molar-refractivity contribution in [3.8, 4) is 0 Å². The van der Waals surface area contributed by atoms with Gasteiger partial charge in [0.2, 0.25) is 0 Å². The van der Waals surface area contributed by atoms with Crippen LogP contribution >= 0.6 is 0 Å². The van der Waals surface area contributed by atoms with Crippen molar-refractivity contribution in [2.75, 3.05) is 12.3 Å². The Balaban J connectivity index is 1.44. The highest BCUT2D eigenvalue weighted by Gasteiger charge is 2.34. The van der Waals surface area contributed by atoms with E-state index in [1.165, 1.54) is 6.42 Å². The van der Waals surface area contributed by atoms with Gasteiger partial charge in [0.25, 0.3) is 5.91 Å². The Bertz CT molecular complexity index is 884. The molecule has 0 bridgehead atoms. The van der Waals surface area contributed by atoms with Crippen molar-refractivity contribution < 1.29 is 13.2 Å². The van der Waals surface area contributed by atoms with E-state index in [2.05, 4.69) is 10.4 Å².